The molecule has 4 aromatic rings. The molecule has 2 aromatic heterocycles. The van der Waals surface area contributed by atoms with Gasteiger partial charge in [-0.05, 0) is 50.6 Å². The van der Waals surface area contributed by atoms with Crippen molar-refractivity contribution in [3.63, 3.8) is 0 Å². The third-order valence-electron chi connectivity index (χ3n) is 6.00. The van der Waals surface area contributed by atoms with Gasteiger partial charge in [-0.15, -0.1) is 10.2 Å². The van der Waals surface area contributed by atoms with E-state index in [2.05, 4.69) is 15.5 Å². The molecule has 0 fully saturated rings. The summed E-state index contributed by atoms with van der Waals surface area (Å²) in [6.07, 6.45) is 1.59. The molecule has 1 atom stereocenters. The highest BCUT2D eigenvalue weighted by atomic mass is 32.2. The van der Waals surface area contributed by atoms with Crippen molar-refractivity contribution in [1.82, 2.24) is 14.8 Å². The van der Waals surface area contributed by atoms with E-state index < -0.39 is 10.8 Å². The molecule has 1 aliphatic heterocycles. The van der Waals surface area contributed by atoms with E-state index in [1.165, 1.54) is 11.8 Å². The second-order valence-electron chi connectivity index (χ2n) is 8.82. The Morgan fingerprint density at radius 1 is 1.06 bits per heavy atom. The zero-order chi connectivity index (χ0) is 24.6. The van der Waals surface area contributed by atoms with Crippen molar-refractivity contribution >= 4 is 35.0 Å². The Morgan fingerprint density at radius 3 is 2.54 bits per heavy atom. The molecule has 0 unspecified atom stereocenters. The highest BCUT2D eigenvalue weighted by Gasteiger charge is 2.45. The molecule has 0 radical (unpaired) electrons. The minimum Gasteiger partial charge on any atom is -0.461 e. The van der Waals surface area contributed by atoms with Crippen molar-refractivity contribution in [3.8, 4) is 11.6 Å². The van der Waals surface area contributed by atoms with E-state index in [4.69, 9.17) is 4.42 Å². The van der Waals surface area contributed by atoms with Gasteiger partial charge in [-0.25, -0.2) is 0 Å². The first-order valence-electron chi connectivity index (χ1n) is 11.3. The number of anilines is 2. The van der Waals surface area contributed by atoms with Gasteiger partial charge in [0.15, 0.2) is 10.9 Å². The van der Waals surface area contributed by atoms with Crippen molar-refractivity contribution in [1.29, 1.82) is 0 Å². The summed E-state index contributed by atoms with van der Waals surface area (Å²) in [6, 6.07) is 21.0. The van der Waals surface area contributed by atoms with Crippen LogP contribution in [0, 0.1) is 0 Å². The molecule has 9 heteroatoms. The van der Waals surface area contributed by atoms with Crippen molar-refractivity contribution in [2.75, 3.05) is 10.2 Å². The van der Waals surface area contributed by atoms with E-state index >= 15 is 0 Å². The highest BCUT2D eigenvalue weighted by molar-refractivity contribution is 8.00. The smallest absolute Gasteiger partial charge is 0.250 e. The normalized spacial score (nSPS) is 15.4. The molecule has 0 saturated heterocycles. The Bertz CT molecular complexity index is 1360. The van der Waals surface area contributed by atoms with Gasteiger partial charge in [-0.1, -0.05) is 54.2 Å². The number of thioether (sulfide) groups is 1. The van der Waals surface area contributed by atoms with Crippen molar-refractivity contribution in [3.05, 3.63) is 78.6 Å². The second kappa shape index (κ2) is 9.07. The number of para-hydroxylation sites is 2. The fraction of sp³-hybridized carbons (Fsp3) is 0.231. The number of nitrogens with zero attached hydrogens (tertiary/aromatic N) is 4. The van der Waals surface area contributed by atoms with Gasteiger partial charge in [0, 0.05) is 0 Å². The van der Waals surface area contributed by atoms with E-state index in [1.807, 2.05) is 66.1 Å². The Hall–Kier alpha value is -3.85. The van der Waals surface area contributed by atoms with Gasteiger partial charge in [0.1, 0.15) is 5.54 Å². The van der Waals surface area contributed by atoms with Gasteiger partial charge in [0.2, 0.25) is 17.6 Å². The van der Waals surface area contributed by atoms with E-state index in [0.29, 0.717) is 34.7 Å². The standard InChI is InChI=1S/C26H25N5O3S/c1-17(23(32)31-20-13-8-7-12-19(20)27-24(33)26(31,2)3)35-25-29-28-22(21-14-9-15-34-21)30(25)16-18-10-5-4-6-11-18/h4-15,17H,16H2,1-3H3,(H,27,33)/t17-/m1/s1. The van der Waals surface area contributed by atoms with Gasteiger partial charge < -0.3 is 9.73 Å². The fourth-order valence-electron chi connectivity index (χ4n) is 4.11. The maximum absolute atomic E-state index is 13.8. The maximum Gasteiger partial charge on any atom is 0.250 e. The average molecular weight is 488 g/mol. The molecule has 0 bridgehead atoms. The average Bonchev–Trinajstić information content (AvgIpc) is 3.51. The highest BCUT2D eigenvalue weighted by Crippen LogP contribution is 2.39. The van der Waals surface area contributed by atoms with Gasteiger partial charge in [-0.3, -0.25) is 19.1 Å². The first-order chi connectivity index (χ1) is 16.9. The quantitative estimate of drug-likeness (QED) is 0.392. The molecule has 178 valence electrons. The molecule has 2 aromatic carbocycles. The van der Waals surface area contributed by atoms with Crippen LogP contribution in [0.1, 0.15) is 26.3 Å². The van der Waals surface area contributed by atoms with E-state index in [0.717, 1.165) is 5.56 Å². The minimum absolute atomic E-state index is 0.184. The lowest BCUT2D eigenvalue weighted by atomic mass is 9.96. The molecule has 0 saturated carbocycles. The summed E-state index contributed by atoms with van der Waals surface area (Å²) in [4.78, 5) is 28.2. The second-order valence-corrected chi connectivity index (χ2v) is 10.1. The van der Waals surface area contributed by atoms with Crippen LogP contribution in [-0.2, 0) is 16.1 Å². The molecule has 35 heavy (non-hydrogen) atoms. The molecule has 0 spiro atoms. The Balaban J connectivity index is 1.47. The summed E-state index contributed by atoms with van der Waals surface area (Å²) in [5.41, 5.74) is 1.33. The molecule has 3 heterocycles. The number of hydrogen-bond acceptors (Lipinski definition) is 6. The van der Waals surface area contributed by atoms with Crippen LogP contribution in [0.2, 0.25) is 0 Å². The van der Waals surface area contributed by atoms with Crippen molar-refractivity contribution in [2.45, 2.75) is 43.3 Å². The lowest BCUT2D eigenvalue weighted by Crippen LogP contribution is -2.60. The third kappa shape index (κ3) is 4.23. The van der Waals surface area contributed by atoms with Gasteiger partial charge >= 0.3 is 0 Å². The molecule has 1 N–H and O–H groups in total. The predicted molar refractivity (Wildman–Crippen MR) is 135 cm³/mol. The van der Waals surface area contributed by atoms with Crippen molar-refractivity contribution < 1.29 is 14.0 Å². The van der Waals surface area contributed by atoms with Crippen LogP contribution < -0.4 is 10.2 Å². The Morgan fingerprint density at radius 2 is 1.80 bits per heavy atom. The van der Waals surface area contributed by atoms with Crippen molar-refractivity contribution in [2.24, 2.45) is 0 Å². The van der Waals surface area contributed by atoms with Crippen LogP contribution in [0.3, 0.4) is 0 Å². The summed E-state index contributed by atoms with van der Waals surface area (Å²) in [5, 5.41) is 11.7. The molecular formula is C26H25N5O3S. The molecule has 1 aliphatic rings. The lowest BCUT2D eigenvalue weighted by molar-refractivity contribution is -0.126. The number of fused-ring (bicyclic) bond motifs is 1. The minimum atomic E-state index is -1.04. The molecule has 0 aliphatic carbocycles. The fourth-order valence-corrected chi connectivity index (χ4v) is 5.00. The summed E-state index contributed by atoms with van der Waals surface area (Å²) in [7, 11) is 0. The summed E-state index contributed by atoms with van der Waals surface area (Å²) in [6.45, 7) is 5.85. The number of aromatic nitrogens is 3. The van der Waals surface area contributed by atoms with Crippen LogP contribution in [0.5, 0.6) is 0 Å². The number of carbonyl (C=O) groups excluding carboxylic acids is 2. The summed E-state index contributed by atoms with van der Waals surface area (Å²) < 4.78 is 7.53. The summed E-state index contributed by atoms with van der Waals surface area (Å²) in [5.74, 6) is 0.774. The summed E-state index contributed by atoms with van der Waals surface area (Å²) >= 11 is 1.31. The van der Waals surface area contributed by atoms with E-state index in [1.54, 1.807) is 37.1 Å². The number of rotatable bonds is 6. The predicted octanol–water partition coefficient (Wildman–Crippen LogP) is 4.83. The van der Waals surface area contributed by atoms with Crippen LogP contribution in [-0.4, -0.2) is 37.4 Å². The van der Waals surface area contributed by atoms with E-state index in [9.17, 15) is 9.59 Å². The SMILES string of the molecule is C[C@@H](Sc1nnc(-c2ccco2)n1Cc1ccccc1)C(=O)N1c2ccccc2NC(=O)C1(C)C. The van der Waals surface area contributed by atoms with Crippen LogP contribution >= 0.6 is 11.8 Å². The zero-order valence-corrected chi connectivity index (χ0v) is 20.5. The Labute approximate surface area is 207 Å². The van der Waals surface area contributed by atoms with Gasteiger partial charge in [0.25, 0.3) is 0 Å². The largest absolute Gasteiger partial charge is 0.461 e. The van der Waals surface area contributed by atoms with E-state index in [-0.39, 0.29) is 11.8 Å². The molecule has 8 nitrogen and oxygen atoms in total. The number of amides is 2. The first kappa shape index (κ1) is 22.9. The zero-order valence-electron chi connectivity index (χ0n) is 19.6. The van der Waals surface area contributed by atoms with Gasteiger partial charge in [-0.2, -0.15) is 0 Å². The van der Waals surface area contributed by atoms with Gasteiger partial charge in [0.05, 0.1) is 29.4 Å². The molecular weight excluding hydrogens is 462 g/mol. The number of furan rings is 1. The topological polar surface area (TPSA) is 93.3 Å². The maximum atomic E-state index is 13.8. The third-order valence-corrected chi connectivity index (χ3v) is 7.07. The number of carbonyl (C=O) groups is 2. The van der Waals surface area contributed by atoms with Crippen LogP contribution in [0.15, 0.2) is 82.6 Å². The lowest BCUT2D eigenvalue weighted by Gasteiger charge is -2.43. The monoisotopic (exact) mass is 487 g/mol. The number of nitrogens with one attached hydrogen (secondary N) is 1. The molecule has 5 rings (SSSR count). The number of benzene rings is 2. The van der Waals surface area contributed by atoms with Crippen LogP contribution in [0.4, 0.5) is 11.4 Å². The molecule has 2 amide bonds. The Kier molecular flexibility index (Phi) is 5.94. The number of hydrogen-bond donors (Lipinski definition) is 1. The van der Waals surface area contributed by atoms with Crippen LogP contribution in [0.25, 0.3) is 11.6 Å². The first-order valence-corrected chi connectivity index (χ1v) is 12.2.